The first-order valence-electron chi connectivity index (χ1n) is 7.60. The van der Waals surface area contributed by atoms with Crippen LogP contribution < -0.4 is 0 Å². The summed E-state index contributed by atoms with van der Waals surface area (Å²) in [6.07, 6.45) is 6.98. The quantitative estimate of drug-likeness (QED) is 0.757. The minimum Gasteiger partial charge on any atom is -0.307 e. The number of allylic oxidation sites excluding steroid dienone is 4. The van der Waals surface area contributed by atoms with Crippen LogP contribution in [0.4, 0.5) is 0 Å². The van der Waals surface area contributed by atoms with Gasteiger partial charge in [0.2, 0.25) is 0 Å². The molecule has 0 saturated carbocycles. The zero-order valence-electron chi connectivity index (χ0n) is 13.5. The Bertz CT molecular complexity index is 522. The second-order valence-corrected chi connectivity index (χ2v) is 6.25. The SMILES string of the molecule is CC1=C(C)C(c2ccccc2CCC(C)N(C)C)C=C1. The molecule has 20 heavy (non-hydrogen) atoms. The lowest BCUT2D eigenvalue weighted by atomic mass is 9.88. The van der Waals surface area contributed by atoms with E-state index in [1.807, 2.05) is 0 Å². The van der Waals surface area contributed by atoms with Gasteiger partial charge in [0.05, 0.1) is 0 Å². The van der Waals surface area contributed by atoms with Crippen molar-refractivity contribution in [3.63, 3.8) is 0 Å². The van der Waals surface area contributed by atoms with Gasteiger partial charge < -0.3 is 4.90 Å². The highest BCUT2D eigenvalue weighted by molar-refractivity contribution is 5.47. The van der Waals surface area contributed by atoms with Crippen LogP contribution in [0.1, 0.15) is 44.2 Å². The highest BCUT2D eigenvalue weighted by Gasteiger charge is 2.19. The molecule has 0 bridgehead atoms. The van der Waals surface area contributed by atoms with Crippen LogP contribution in [-0.2, 0) is 6.42 Å². The minimum atomic E-state index is 0.487. The lowest BCUT2D eigenvalue weighted by Gasteiger charge is -2.21. The summed E-state index contributed by atoms with van der Waals surface area (Å²) in [7, 11) is 4.32. The summed E-state index contributed by atoms with van der Waals surface area (Å²) in [6, 6.07) is 9.56. The van der Waals surface area contributed by atoms with Gasteiger partial charge >= 0.3 is 0 Å². The summed E-state index contributed by atoms with van der Waals surface area (Å²) >= 11 is 0. The lowest BCUT2D eigenvalue weighted by molar-refractivity contribution is 0.299. The van der Waals surface area contributed by atoms with Gasteiger partial charge in [-0.25, -0.2) is 0 Å². The lowest BCUT2D eigenvalue weighted by Crippen LogP contribution is -2.25. The summed E-state index contributed by atoms with van der Waals surface area (Å²) in [5, 5.41) is 0. The van der Waals surface area contributed by atoms with Gasteiger partial charge in [-0.15, -0.1) is 0 Å². The van der Waals surface area contributed by atoms with Crippen molar-refractivity contribution in [2.24, 2.45) is 0 Å². The molecule has 1 aromatic carbocycles. The van der Waals surface area contributed by atoms with Crippen LogP contribution >= 0.6 is 0 Å². The van der Waals surface area contributed by atoms with Crippen LogP contribution in [0.5, 0.6) is 0 Å². The fraction of sp³-hybridized carbons (Fsp3) is 0.474. The maximum atomic E-state index is 2.35. The van der Waals surface area contributed by atoms with Gasteiger partial charge in [-0.1, -0.05) is 47.6 Å². The molecule has 2 rings (SSSR count). The summed E-state index contributed by atoms with van der Waals surface area (Å²) in [6.45, 7) is 6.77. The topological polar surface area (TPSA) is 3.24 Å². The van der Waals surface area contributed by atoms with Crippen molar-refractivity contribution in [2.75, 3.05) is 14.1 Å². The van der Waals surface area contributed by atoms with Gasteiger partial charge in [0.25, 0.3) is 0 Å². The molecular formula is C19H27N. The van der Waals surface area contributed by atoms with Crippen molar-refractivity contribution >= 4 is 0 Å². The van der Waals surface area contributed by atoms with Gasteiger partial charge in [0, 0.05) is 12.0 Å². The molecule has 0 N–H and O–H groups in total. The number of benzene rings is 1. The molecule has 1 nitrogen and oxygen atoms in total. The Kier molecular flexibility index (Phi) is 4.82. The largest absolute Gasteiger partial charge is 0.307 e. The monoisotopic (exact) mass is 269 g/mol. The van der Waals surface area contributed by atoms with E-state index < -0.39 is 0 Å². The Morgan fingerprint density at radius 2 is 1.85 bits per heavy atom. The number of aryl methyl sites for hydroxylation is 1. The Labute approximate surface area is 124 Å². The Morgan fingerprint density at radius 1 is 1.15 bits per heavy atom. The molecular weight excluding hydrogens is 242 g/mol. The Morgan fingerprint density at radius 3 is 2.45 bits per heavy atom. The molecule has 2 atom stereocenters. The predicted molar refractivity (Wildman–Crippen MR) is 88.2 cm³/mol. The normalized spacial score (nSPS) is 20.0. The Hall–Kier alpha value is -1.34. The van der Waals surface area contributed by atoms with E-state index in [1.165, 1.54) is 28.7 Å². The van der Waals surface area contributed by atoms with Gasteiger partial charge in [0.15, 0.2) is 0 Å². The van der Waals surface area contributed by atoms with Gasteiger partial charge in [0.1, 0.15) is 0 Å². The first-order valence-corrected chi connectivity index (χ1v) is 7.60. The molecule has 1 aliphatic carbocycles. The van der Waals surface area contributed by atoms with E-state index in [1.54, 1.807) is 0 Å². The third-order valence-corrected chi connectivity index (χ3v) is 4.73. The van der Waals surface area contributed by atoms with Crippen molar-refractivity contribution in [2.45, 2.75) is 45.6 Å². The van der Waals surface area contributed by atoms with Crippen molar-refractivity contribution in [3.8, 4) is 0 Å². The standard InChI is InChI=1S/C19H27N/c1-14-10-13-18(16(14)3)19-9-7-6-8-17(19)12-11-15(2)20(4)5/h6-10,13,15,18H,11-12H2,1-5H3. The minimum absolute atomic E-state index is 0.487. The van der Waals surface area contributed by atoms with Crippen LogP contribution in [0, 0.1) is 0 Å². The van der Waals surface area contributed by atoms with Crippen LogP contribution in [0.2, 0.25) is 0 Å². The van der Waals surface area contributed by atoms with E-state index in [4.69, 9.17) is 0 Å². The molecule has 0 spiro atoms. The molecule has 1 aliphatic rings. The van der Waals surface area contributed by atoms with Crippen LogP contribution in [-0.4, -0.2) is 25.0 Å². The molecule has 0 aliphatic heterocycles. The van der Waals surface area contributed by atoms with E-state index in [0.717, 1.165) is 6.42 Å². The molecule has 0 aromatic heterocycles. The number of rotatable bonds is 5. The average molecular weight is 269 g/mol. The van der Waals surface area contributed by atoms with Crippen LogP contribution in [0.25, 0.3) is 0 Å². The van der Waals surface area contributed by atoms with E-state index >= 15 is 0 Å². The maximum absolute atomic E-state index is 2.35. The first kappa shape index (κ1) is 15.1. The highest BCUT2D eigenvalue weighted by Crippen LogP contribution is 2.35. The molecule has 1 aromatic rings. The Balaban J connectivity index is 2.17. The summed E-state index contributed by atoms with van der Waals surface area (Å²) in [5.74, 6) is 0.487. The van der Waals surface area contributed by atoms with Crippen LogP contribution in [0.3, 0.4) is 0 Å². The van der Waals surface area contributed by atoms with Gasteiger partial charge in [-0.3, -0.25) is 0 Å². The third kappa shape index (κ3) is 3.21. The van der Waals surface area contributed by atoms with E-state index in [0.29, 0.717) is 12.0 Å². The molecule has 2 unspecified atom stereocenters. The van der Waals surface area contributed by atoms with Gasteiger partial charge in [-0.2, -0.15) is 0 Å². The molecule has 0 fully saturated rings. The maximum Gasteiger partial charge on any atom is 0.0237 e. The molecule has 0 saturated heterocycles. The highest BCUT2D eigenvalue weighted by atomic mass is 15.1. The van der Waals surface area contributed by atoms with E-state index in [2.05, 4.69) is 76.2 Å². The average Bonchev–Trinajstić information content (AvgIpc) is 2.76. The molecule has 1 heteroatoms. The van der Waals surface area contributed by atoms with Crippen molar-refractivity contribution in [1.82, 2.24) is 4.90 Å². The fourth-order valence-electron chi connectivity index (χ4n) is 2.79. The smallest absolute Gasteiger partial charge is 0.0237 e. The number of hydrogen-bond donors (Lipinski definition) is 0. The third-order valence-electron chi connectivity index (χ3n) is 4.73. The number of hydrogen-bond acceptors (Lipinski definition) is 1. The second-order valence-electron chi connectivity index (χ2n) is 6.25. The molecule has 0 radical (unpaired) electrons. The van der Waals surface area contributed by atoms with Crippen LogP contribution in [0.15, 0.2) is 47.6 Å². The number of nitrogens with zero attached hydrogens (tertiary/aromatic N) is 1. The molecule has 0 heterocycles. The molecule has 108 valence electrons. The van der Waals surface area contributed by atoms with Crippen molar-refractivity contribution in [3.05, 3.63) is 58.7 Å². The zero-order chi connectivity index (χ0) is 14.7. The van der Waals surface area contributed by atoms with Crippen molar-refractivity contribution in [1.29, 1.82) is 0 Å². The zero-order valence-corrected chi connectivity index (χ0v) is 13.5. The van der Waals surface area contributed by atoms with E-state index in [9.17, 15) is 0 Å². The summed E-state index contributed by atoms with van der Waals surface area (Å²) in [5.41, 5.74) is 5.92. The predicted octanol–water partition coefficient (Wildman–Crippen LogP) is 4.56. The fourth-order valence-corrected chi connectivity index (χ4v) is 2.79. The van der Waals surface area contributed by atoms with E-state index in [-0.39, 0.29) is 0 Å². The summed E-state index contributed by atoms with van der Waals surface area (Å²) < 4.78 is 0. The first-order chi connectivity index (χ1) is 9.50. The molecule has 0 amide bonds. The van der Waals surface area contributed by atoms with Gasteiger partial charge in [-0.05, 0) is 58.8 Å². The summed E-state index contributed by atoms with van der Waals surface area (Å²) in [4.78, 5) is 2.30. The van der Waals surface area contributed by atoms with Crippen molar-refractivity contribution < 1.29 is 0 Å². The second kappa shape index (κ2) is 6.41.